The number of fused-ring (bicyclic) bond motifs is 1. The van der Waals surface area contributed by atoms with Crippen molar-refractivity contribution in [3.8, 4) is 0 Å². The summed E-state index contributed by atoms with van der Waals surface area (Å²) in [5.41, 5.74) is -1.06. The Kier molecular flexibility index (Phi) is 12.2. The molecule has 16 heteroatoms. The topological polar surface area (TPSA) is 173 Å². The van der Waals surface area contributed by atoms with E-state index in [-0.39, 0.29) is 103 Å². The van der Waals surface area contributed by atoms with E-state index in [4.69, 9.17) is 0 Å². The zero-order chi connectivity index (χ0) is 32.6. The molecule has 0 N–H and O–H groups in total. The Morgan fingerprint density at radius 3 is 1.52 bits per heavy atom. The standard InChI is InChI=1S/C32H20N2O10S2.2Na/c35-29(21-15-7-9-17-23(21)45-44-43-39)33-27(19-11-3-1-4-12-19)25-26(31(33)37)28(20-13-5-2-6-14-20)34(32(25)38)30(36)22-16-8-10-18-24(22)46(40,41)42;;/h1-18,39H,(H,40,41,42);;/q;2*+1/p-2. The number of rotatable bonds is 8. The third-order valence-electron chi connectivity index (χ3n) is 7.16. The normalized spacial score (nSPS) is 14.1. The molecular formula is C32H18N2Na2O10S2. The third-order valence-corrected chi connectivity index (χ3v) is 8.72. The Morgan fingerprint density at radius 2 is 1.04 bits per heavy atom. The Morgan fingerprint density at radius 1 is 0.625 bits per heavy atom. The van der Waals surface area contributed by atoms with Crippen LogP contribution in [0.25, 0.3) is 11.4 Å². The minimum atomic E-state index is -5.15. The summed E-state index contributed by atoms with van der Waals surface area (Å²) in [5, 5.41) is 13.9. The quantitative estimate of drug-likeness (QED) is 0.0468. The predicted octanol–water partition coefficient (Wildman–Crippen LogP) is -2.68. The van der Waals surface area contributed by atoms with E-state index in [0.29, 0.717) is 16.9 Å². The van der Waals surface area contributed by atoms with E-state index in [9.17, 15) is 37.4 Å². The second kappa shape index (κ2) is 15.6. The zero-order valence-corrected chi connectivity index (χ0v) is 30.8. The van der Waals surface area contributed by atoms with Crippen molar-refractivity contribution < 1.29 is 106 Å². The van der Waals surface area contributed by atoms with E-state index in [1.54, 1.807) is 54.6 Å². The van der Waals surface area contributed by atoms with Crippen molar-refractivity contribution in [2.45, 2.75) is 9.79 Å². The first kappa shape index (κ1) is 37.6. The van der Waals surface area contributed by atoms with Gasteiger partial charge in [0.05, 0.1) is 55.5 Å². The van der Waals surface area contributed by atoms with Crippen LogP contribution in [0.2, 0.25) is 0 Å². The molecule has 0 saturated carbocycles. The van der Waals surface area contributed by atoms with Gasteiger partial charge in [0.15, 0.2) is 0 Å². The number of amides is 4. The second-order valence-corrected chi connectivity index (χ2v) is 11.8. The molecule has 230 valence electrons. The summed E-state index contributed by atoms with van der Waals surface area (Å²) in [4.78, 5) is 57.8. The fraction of sp³-hybridized carbons (Fsp3) is 0. The van der Waals surface area contributed by atoms with Gasteiger partial charge in [0.25, 0.3) is 23.6 Å². The largest absolute Gasteiger partial charge is 1.00 e. The fourth-order valence-corrected chi connectivity index (χ4v) is 6.45. The van der Waals surface area contributed by atoms with Crippen LogP contribution in [0, 0.1) is 0 Å². The molecule has 12 nitrogen and oxygen atoms in total. The third kappa shape index (κ3) is 6.80. The van der Waals surface area contributed by atoms with Gasteiger partial charge in [-0.1, -0.05) is 84.9 Å². The Bertz CT molecular complexity index is 2110. The van der Waals surface area contributed by atoms with Gasteiger partial charge in [-0.25, -0.2) is 18.2 Å². The van der Waals surface area contributed by atoms with Gasteiger partial charge in [-0.2, -0.15) is 4.33 Å². The van der Waals surface area contributed by atoms with Crippen molar-refractivity contribution in [3.05, 3.63) is 143 Å². The van der Waals surface area contributed by atoms with Crippen molar-refractivity contribution in [2.75, 3.05) is 0 Å². The van der Waals surface area contributed by atoms with E-state index in [1.807, 2.05) is 0 Å². The fourth-order valence-electron chi connectivity index (χ4n) is 5.30. The van der Waals surface area contributed by atoms with Gasteiger partial charge in [-0.05, 0) is 35.4 Å². The molecule has 2 heterocycles. The summed E-state index contributed by atoms with van der Waals surface area (Å²) in [6.45, 7) is 0. The van der Waals surface area contributed by atoms with E-state index in [0.717, 1.165) is 17.0 Å². The average molecular weight is 701 g/mol. The van der Waals surface area contributed by atoms with Gasteiger partial charge < -0.3 is 9.81 Å². The van der Waals surface area contributed by atoms with Gasteiger partial charge >= 0.3 is 59.1 Å². The molecule has 2 aliphatic heterocycles. The molecule has 0 atom stereocenters. The van der Waals surface area contributed by atoms with Gasteiger partial charge in [-0.3, -0.25) is 24.2 Å². The number of nitrogens with zero attached hydrogens (tertiary/aromatic N) is 2. The molecular weight excluding hydrogens is 682 g/mol. The molecule has 0 radical (unpaired) electrons. The molecule has 4 aromatic rings. The summed E-state index contributed by atoms with van der Waals surface area (Å²) < 4.78 is 40.6. The van der Waals surface area contributed by atoms with Crippen LogP contribution in [0.5, 0.6) is 0 Å². The van der Waals surface area contributed by atoms with E-state index in [2.05, 4.69) is 9.37 Å². The Labute approximate surface area is 322 Å². The number of hydrogen-bond acceptors (Lipinski definition) is 11. The van der Waals surface area contributed by atoms with Crippen LogP contribution >= 0.6 is 12.0 Å². The summed E-state index contributed by atoms with van der Waals surface area (Å²) in [6, 6.07) is 26.5. The number of imide groups is 2. The number of hydrogen-bond donors (Lipinski definition) is 0. The first-order chi connectivity index (χ1) is 22.1. The van der Waals surface area contributed by atoms with Crippen LogP contribution in [0.1, 0.15) is 31.8 Å². The van der Waals surface area contributed by atoms with Gasteiger partial charge in [0, 0.05) is 0 Å². The van der Waals surface area contributed by atoms with E-state index >= 15 is 0 Å². The van der Waals surface area contributed by atoms with Crippen LogP contribution in [-0.4, -0.2) is 46.4 Å². The molecule has 4 aromatic carbocycles. The number of benzene rings is 4. The first-order valence-corrected chi connectivity index (χ1v) is 15.4. The Balaban J connectivity index is 0.00000260. The maximum atomic E-state index is 14.4. The summed E-state index contributed by atoms with van der Waals surface area (Å²) in [7, 11) is -5.15. The first-order valence-electron chi connectivity index (χ1n) is 13.3. The Hall–Kier alpha value is -3.22. The average Bonchev–Trinajstić information content (AvgIpc) is 3.54. The van der Waals surface area contributed by atoms with Crippen LogP contribution in [0.3, 0.4) is 0 Å². The molecule has 6 rings (SSSR count). The van der Waals surface area contributed by atoms with Gasteiger partial charge in [0.2, 0.25) is 0 Å². The molecule has 0 aromatic heterocycles. The van der Waals surface area contributed by atoms with Crippen molar-refractivity contribution in [3.63, 3.8) is 0 Å². The summed E-state index contributed by atoms with van der Waals surface area (Å²) in [5.74, 6) is -4.02. The molecule has 48 heavy (non-hydrogen) atoms. The molecule has 0 fully saturated rings. The minimum Gasteiger partial charge on any atom is -0.744 e. The maximum absolute atomic E-state index is 14.4. The molecule has 2 aliphatic rings. The van der Waals surface area contributed by atoms with Crippen molar-refractivity contribution in [1.29, 1.82) is 0 Å². The molecule has 0 saturated heterocycles. The van der Waals surface area contributed by atoms with Crippen LogP contribution in [-0.2, 0) is 29.1 Å². The zero-order valence-electron chi connectivity index (χ0n) is 25.2. The monoisotopic (exact) mass is 700 g/mol. The maximum Gasteiger partial charge on any atom is 1.00 e. The van der Waals surface area contributed by atoms with Crippen LogP contribution in [0.4, 0.5) is 0 Å². The van der Waals surface area contributed by atoms with Gasteiger partial charge in [-0.15, -0.1) is 0 Å². The molecule has 4 amide bonds. The van der Waals surface area contributed by atoms with E-state index < -0.39 is 44.2 Å². The predicted molar refractivity (Wildman–Crippen MR) is 158 cm³/mol. The second-order valence-electron chi connectivity index (χ2n) is 9.74. The SMILES string of the molecule is O=C1C2=C(c3ccccc3)N(C(=O)c3ccccc3S(=O)(=O)[O-])C(=O)C2=C(c2ccccc2)N1C(=O)c1ccccc1SOO[O-].[Na+].[Na+]. The molecule has 0 bridgehead atoms. The van der Waals surface area contributed by atoms with Crippen molar-refractivity contribution in [1.82, 2.24) is 9.80 Å². The number of carbonyl (C=O) groups is 4. The smallest absolute Gasteiger partial charge is 0.744 e. The summed E-state index contributed by atoms with van der Waals surface area (Å²) in [6.07, 6.45) is 0. The number of carbonyl (C=O) groups excluding carboxylic acids is 4. The minimum absolute atomic E-state index is 0. The summed E-state index contributed by atoms with van der Waals surface area (Å²) >= 11 is 0.441. The molecule has 0 unspecified atom stereocenters. The van der Waals surface area contributed by atoms with Crippen molar-refractivity contribution >= 4 is 57.2 Å². The van der Waals surface area contributed by atoms with E-state index in [1.165, 1.54) is 42.5 Å². The van der Waals surface area contributed by atoms with Crippen molar-refractivity contribution in [2.24, 2.45) is 0 Å². The molecule has 0 spiro atoms. The van der Waals surface area contributed by atoms with Crippen LogP contribution < -0.4 is 64.4 Å². The molecule has 0 aliphatic carbocycles. The van der Waals surface area contributed by atoms with Gasteiger partial charge in [0.1, 0.15) is 10.1 Å². The van der Waals surface area contributed by atoms with Crippen LogP contribution in [0.15, 0.2) is 130 Å².